The highest BCUT2D eigenvalue weighted by Crippen LogP contribution is 2.40. The smallest absolute Gasteiger partial charge is 0.289 e. The minimum atomic E-state index is -0.533. The number of nitrogens with zero attached hydrogens (tertiary/aromatic N) is 3. The number of hydrogen-bond acceptors (Lipinski definition) is 9. The summed E-state index contributed by atoms with van der Waals surface area (Å²) in [6.07, 6.45) is 2.78. The van der Waals surface area contributed by atoms with Gasteiger partial charge in [0.1, 0.15) is 10.8 Å². The second kappa shape index (κ2) is 12.1. The molecule has 1 fully saturated rings. The van der Waals surface area contributed by atoms with Crippen molar-refractivity contribution in [1.29, 1.82) is 0 Å². The maximum Gasteiger partial charge on any atom is 0.289 e. The van der Waals surface area contributed by atoms with Crippen LogP contribution in [0.5, 0.6) is 17.2 Å². The number of methoxy groups -OCH3 is 3. The molecule has 1 saturated heterocycles. The highest BCUT2D eigenvalue weighted by Gasteiger charge is 2.30. The Balaban J connectivity index is 1.34. The van der Waals surface area contributed by atoms with Crippen molar-refractivity contribution in [3.63, 3.8) is 0 Å². The number of halogens is 1. The third-order valence-corrected chi connectivity index (χ3v) is 7.31. The Morgan fingerprint density at radius 2 is 1.71 bits per heavy atom. The summed E-state index contributed by atoms with van der Waals surface area (Å²) in [4.78, 5) is 48.0. The third kappa shape index (κ3) is 5.81. The van der Waals surface area contributed by atoms with E-state index in [-0.39, 0.29) is 28.2 Å². The van der Waals surface area contributed by atoms with Crippen LogP contribution in [-0.2, 0) is 0 Å². The average Bonchev–Trinajstić information content (AvgIpc) is 3.45. The van der Waals surface area contributed by atoms with Gasteiger partial charge in [-0.05, 0) is 37.1 Å². The first-order valence-electron chi connectivity index (χ1n) is 11.6. The second-order valence-corrected chi connectivity index (χ2v) is 9.57. The highest BCUT2D eigenvalue weighted by molar-refractivity contribution is 7.09. The Labute approximate surface area is 228 Å². The molecule has 0 saturated carbocycles. The average molecular weight is 560 g/mol. The van der Waals surface area contributed by atoms with Crippen LogP contribution in [0.25, 0.3) is 0 Å². The fourth-order valence-electron chi connectivity index (χ4n) is 4.14. The molecule has 1 aliphatic rings. The molecule has 38 heavy (non-hydrogen) atoms. The molecule has 0 atom stereocenters. The summed E-state index contributed by atoms with van der Waals surface area (Å²) in [5.41, 5.74) is 5.56. The lowest BCUT2D eigenvalue weighted by atomic mass is 9.97. The number of benzene rings is 1. The summed E-state index contributed by atoms with van der Waals surface area (Å²) in [5, 5.41) is 2.62. The summed E-state index contributed by atoms with van der Waals surface area (Å²) in [7, 11) is 4.50. The standard InChI is InChI=1S/C25H26ClN5O6S/c1-35-18-5-4-16(20(36-2)21(18)37-3)25(34)31-10-7-14(8-11-31)24-28-17(13-38-24)23(33)30-29-22(32)15-6-9-27-19(26)12-15/h4-6,9,12-14H,7-8,10-11H2,1-3H3,(H,29,32)(H,30,33). The van der Waals surface area contributed by atoms with Crippen molar-refractivity contribution < 1.29 is 28.6 Å². The van der Waals surface area contributed by atoms with Crippen molar-refractivity contribution in [1.82, 2.24) is 25.7 Å². The summed E-state index contributed by atoms with van der Waals surface area (Å²) in [6.45, 7) is 1.04. The van der Waals surface area contributed by atoms with E-state index in [4.69, 9.17) is 25.8 Å². The van der Waals surface area contributed by atoms with Crippen molar-refractivity contribution in [3.05, 3.63) is 62.8 Å². The number of hydrogen-bond donors (Lipinski definition) is 2. The van der Waals surface area contributed by atoms with Crippen LogP contribution in [0, 0.1) is 0 Å². The first-order valence-corrected chi connectivity index (χ1v) is 12.9. The molecule has 4 rings (SSSR count). The lowest BCUT2D eigenvalue weighted by Crippen LogP contribution is -2.41. The molecule has 2 N–H and O–H groups in total. The molecule has 3 aromatic rings. The Morgan fingerprint density at radius 1 is 1.00 bits per heavy atom. The van der Waals surface area contributed by atoms with Crippen molar-refractivity contribution in [2.75, 3.05) is 34.4 Å². The van der Waals surface area contributed by atoms with Gasteiger partial charge in [-0.25, -0.2) is 9.97 Å². The molecule has 0 aliphatic carbocycles. The molecular weight excluding hydrogens is 534 g/mol. The van der Waals surface area contributed by atoms with Gasteiger partial charge in [-0.2, -0.15) is 0 Å². The number of nitrogens with one attached hydrogen (secondary N) is 2. The molecule has 0 bridgehead atoms. The molecule has 3 heterocycles. The number of rotatable bonds is 7. The quantitative estimate of drug-likeness (QED) is 0.333. The lowest BCUT2D eigenvalue weighted by Gasteiger charge is -2.31. The fraction of sp³-hybridized carbons (Fsp3) is 0.320. The topological polar surface area (TPSA) is 132 Å². The van der Waals surface area contributed by atoms with Crippen molar-refractivity contribution in [2.45, 2.75) is 18.8 Å². The number of likely N-dealkylation sites (tertiary alicyclic amines) is 1. The molecule has 3 amide bonds. The zero-order valence-corrected chi connectivity index (χ0v) is 22.5. The van der Waals surface area contributed by atoms with E-state index in [2.05, 4.69) is 20.8 Å². The first-order chi connectivity index (χ1) is 18.4. The zero-order valence-electron chi connectivity index (χ0n) is 20.9. The third-order valence-electron chi connectivity index (χ3n) is 6.10. The van der Waals surface area contributed by atoms with Gasteiger partial charge < -0.3 is 19.1 Å². The molecule has 200 valence electrons. The van der Waals surface area contributed by atoms with Gasteiger partial charge in [-0.1, -0.05) is 11.6 Å². The normalized spacial score (nSPS) is 13.5. The van der Waals surface area contributed by atoms with Crippen LogP contribution in [0.3, 0.4) is 0 Å². The van der Waals surface area contributed by atoms with Crippen LogP contribution >= 0.6 is 22.9 Å². The number of pyridine rings is 1. The molecule has 13 heteroatoms. The molecule has 11 nitrogen and oxygen atoms in total. The SMILES string of the molecule is COc1ccc(C(=O)N2CCC(c3nc(C(=O)NNC(=O)c4ccnc(Cl)c4)cs3)CC2)c(OC)c1OC. The van der Waals surface area contributed by atoms with Gasteiger partial charge in [0.05, 0.1) is 31.9 Å². The predicted molar refractivity (Wildman–Crippen MR) is 140 cm³/mol. The van der Waals surface area contributed by atoms with Gasteiger partial charge in [0.25, 0.3) is 17.7 Å². The van der Waals surface area contributed by atoms with Crippen LogP contribution in [-0.4, -0.2) is 67.0 Å². The van der Waals surface area contributed by atoms with Gasteiger partial charge >= 0.3 is 0 Å². The predicted octanol–water partition coefficient (Wildman–Crippen LogP) is 3.31. The number of ether oxygens (including phenoxy) is 3. The largest absolute Gasteiger partial charge is 0.493 e. The van der Waals surface area contributed by atoms with Crippen molar-refractivity contribution >= 4 is 40.7 Å². The van der Waals surface area contributed by atoms with Gasteiger partial charge in [0.2, 0.25) is 5.75 Å². The Hall–Kier alpha value is -3.90. The summed E-state index contributed by atoms with van der Waals surface area (Å²) >= 11 is 7.17. The number of amides is 3. The van der Waals surface area contributed by atoms with E-state index < -0.39 is 11.8 Å². The monoisotopic (exact) mass is 559 g/mol. The number of piperidine rings is 1. The first kappa shape index (κ1) is 27.1. The maximum absolute atomic E-state index is 13.3. The summed E-state index contributed by atoms with van der Waals surface area (Å²) < 4.78 is 16.2. The van der Waals surface area contributed by atoms with E-state index in [1.54, 1.807) is 22.4 Å². The van der Waals surface area contributed by atoms with Gasteiger partial charge in [-0.3, -0.25) is 25.2 Å². The van der Waals surface area contributed by atoms with E-state index in [0.29, 0.717) is 48.7 Å². The molecule has 1 aromatic carbocycles. The van der Waals surface area contributed by atoms with E-state index in [1.807, 2.05) is 0 Å². The number of hydrazine groups is 1. The fourth-order valence-corrected chi connectivity index (χ4v) is 5.29. The maximum atomic E-state index is 13.3. The van der Waals surface area contributed by atoms with Crippen LogP contribution in [0.1, 0.15) is 55.0 Å². The molecule has 2 aromatic heterocycles. The van der Waals surface area contributed by atoms with Crippen LogP contribution in [0.2, 0.25) is 5.15 Å². The van der Waals surface area contributed by atoms with Crippen LogP contribution in [0.15, 0.2) is 35.8 Å². The van der Waals surface area contributed by atoms with E-state index in [0.717, 1.165) is 5.01 Å². The van der Waals surface area contributed by atoms with E-state index in [9.17, 15) is 14.4 Å². The lowest BCUT2D eigenvalue weighted by molar-refractivity contribution is 0.0708. The number of carbonyl (C=O) groups excluding carboxylic acids is 3. The Morgan fingerprint density at radius 3 is 2.37 bits per heavy atom. The van der Waals surface area contributed by atoms with Crippen molar-refractivity contribution in [3.8, 4) is 17.2 Å². The summed E-state index contributed by atoms with van der Waals surface area (Å²) in [5.74, 6) is 0.0527. The Kier molecular flexibility index (Phi) is 8.64. The van der Waals surface area contributed by atoms with E-state index >= 15 is 0 Å². The second-order valence-electron chi connectivity index (χ2n) is 8.29. The van der Waals surface area contributed by atoms with Gasteiger partial charge in [0.15, 0.2) is 11.5 Å². The van der Waals surface area contributed by atoms with Gasteiger partial charge in [-0.15, -0.1) is 11.3 Å². The Bertz CT molecular complexity index is 1340. The minimum absolute atomic E-state index is 0.103. The molecular formula is C25H26ClN5O6S. The minimum Gasteiger partial charge on any atom is -0.493 e. The zero-order chi connectivity index (χ0) is 27.2. The number of thiazole rings is 1. The summed E-state index contributed by atoms with van der Waals surface area (Å²) in [6, 6.07) is 6.22. The highest BCUT2D eigenvalue weighted by atomic mass is 35.5. The molecule has 0 spiro atoms. The van der Waals surface area contributed by atoms with Gasteiger partial charge in [0, 0.05) is 36.1 Å². The van der Waals surface area contributed by atoms with E-state index in [1.165, 1.54) is 51.0 Å². The number of carbonyl (C=O) groups is 3. The van der Waals surface area contributed by atoms with Crippen LogP contribution < -0.4 is 25.1 Å². The molecule has 0 unspecified atom stereocenters. The molecule has 0 radical (unpaired) electrons. The van der Waals surface area contributed by atoms with Crippen molar-refractivity contribution in [2.24, 2.45) is 0 Å². The molecule has 1 aliphatic heterocycles. The van der Waals surface area contributed by atoms with Crippen LogP contribution in [0.4, 0.5) is 0 Å². The number of aromatic nitrogens is 2.